The van der Waals surface area contributed by atoms with Crippen molar-refractivity contribution in [2.75, 3.05) is 10.0 Å². The molecule has 9 heteroatoms. The maximum atomic E-state index is 12.9. The van der Waals surface area contributed by atoms with Gasteiger partial charge in [-0.1, -0.05) is 51.3 Å². The molecule has 0 bridgehead atoms. The molecule has 0 aromatic carbocycles. The van der Waals surface area contributed by atoms with Gasteiger partial charge in [-0.25, -0.2) is 18.1 Å². The lowest BCUT2D eigenvalue weighted by atomic mass is 9.78. The predicted molar refractivity (Wildman–Crippen MR) is 133 cm³/mol. The molecule has 0 atom stereocenters. The molecule has 8 nitrogen and oxygen atoms in total. The molecule has 1 amide bonds. The molecule has 2 aromatic rings. The lowest BCUT2D eigenvalue weighted by molar-refractivity contribution is -0.119. The number of hydrogen-bond acceptors (Lipinski definition) is 5. The van der Waals surface area contributed by atoms with E-state index in [9.17, 15) is 13.2 Å². The molecule has 1 spiro atoms. The Morgan fingerprint density at radius 2 is 1.91 bits per heavy atom. The minimum Gasteiger partial charge on any atom is -0.312 e. The van der Waals surface area contributed by atoms with Crippen LogP contribution in [0.25, 0.3) is 11.0 Å². The lowest BCUT2D eigenvalue weighted by Crippen LogP contribution is -2.44. The molecule has 0 radical (unpaired) electrons. The quantitative estimate of drug-likeness (QED) is 0.580. The summed E-state index contributed by atoms with van der Waals surface area (Å²) in [7, 11) is -3.86. The fraction of sp³-hybridized carbons (Fsp3) is 0.458. The van der Waals surface area contributed by atoms with Crippen LogP contribution in [0.3, 0.4) is 0 Å². The molecule has 1 fully saturated rings. The van der Waals surface area contributed by atoms with Crippen LogP contribution in [0.15, 0.2) is 47.5 Å². The van der Waals surface area contributed by atoms with E-state index in [0.29, 0.717) is 17.9 Å². The van der Waals surface area contributed by atoms with Gasteiger partial charge in [0.05, 0.1) is 16.9 Å². The number of amides is 1. The highest BCUT2D eigenvalue weighted by Crippen LogP contribution is 2.45. The monoisotopic (exact) mass is 471 g/mol. The molecular weight excluding hydrogens is 438 g/mol. The molecule has 3 heterocycles. The number of carbonyl (C=O) groups is 1. The summed E-state index contributed by atoms with van der Waals surface area (Å²) in [5, 5.41) is 3.71. The van der Waals surface area contributed by atoms with Crippen LogP contribution >= 0.6 is 0 Å². The summed E-state index contributed by atoms with van der Waals surface area (Å²) in [5.41, 5.74) is 0.319. The second-order valence-corrected chi connectivity index (χ2v) is 9.73. The Hall–Kier alpha value is -2.94. The third-order valence-corrected chi connectivity index (χ3v) is 7.22. The van der Waals surface area contributed by atoms with Gasteiger partial charge in [0, 0.05) is 11.6 Å². The van der Waals surface area contributed by atoms with Crippen LogP contribution in [-0.2, 0) is 20.4 Å². The minimum atomic E-state index is -3.86. The number of hydrogen-bond donors (Lipinski definition) is 2. The number of aromatic nitrogens is 3. The summed E-state index contributed by atoms with van der Waals surface area (Å²) in [6.45, 7) is 7.57. The van der Waals surface area contributed by atoms with E-state index in [1.54, 1.807) is 31.3 Å². The molecule has 2 aromatic heterocycles. The van der Waals surface area contributed by atoms with Gasteiger partial charge in [0.15, 0.2) is 0 Å². The molecule has 2 aliphatic rings. The number of fused-ring (bicyclic) bond motifs is 4. The Morgan fingerprint density at radius 3 is 2.58 bits per heavy atom. The Labute approximate surface area is 195 Å². The maximum absolute atomic E-state index is 12.9. The van der Waals surface area contributed by atoms with Gasteiger partial charge < -0.3 is 9.88 Å². The minimum absolute atomic E-state index is 0.00661. The first kappa shape index (κ1) is 24.7. The third-order valence-electron chi connectivity index (χ3n) is 5.88. The molecule has 33 heavy (non-hydrogen) atoms. The van der Waals surface area contributed by atoms with Crippen molar-refractivity contribution in [1.82, 2.24) is 14.5 Å². The SMILES string of the molecule is CC.C\C=C/C=C(\C=C/C)S(=O)(=O)Nc1ncc2cc3n(c2n1)C1(CCCCC1)CC(=O)N3. The molecule has 0 unspecified atom stereocenters. The van der Waals surface area contributed by atoms with Gasteiger partial charge in [-0.3, -0.25) is 4.79 Å². The average molecular weight is 472 g/mol. The molecule has 1 aliphatic carbocycles. The number of rotatable bonds is 5. The van der Waals surface area contributed by atoms with Crippen molar-refractivity contribution in [1.29, 1.82) is 0 Å². The van der Waals surface area contributed by atoms with Crippen molar-refractivity contribution >= 4 is 38.7 Å². The van der Waals surface area contributed by atoms with Crippen LogP contribution in [0.2, 0.25) is 0 Å². The summed E-state index contributed by atoms with van der Waals surface area (Å²) in [4.78, 5) is 21.3. The van der Waals surface area contributed by atoms with E-state index in [0.717, 1.165) is 37.5 Å². The van der Waals surface area contributed by atoms with Crippen LogP contribution in [0.1, 0.15) is 66.2 Å². The van der Waals surface area contributed by atoms with E-state index < -0.39 is 10.0 Å². The zero-order chi connectivity index (χ0) is 24.1. The van der Waals surface area contributed by atoms with Crippen LogP contribution in [0, 0.1) is 0 Å². The Bertz CT molecular complexity index is 1200. The highest BCUT2D eigenvalue weighted by Gasteiger charge is 2.42. The van der Waals surface area contributed by atoms with Gasteiger partial charge in [-0.2, -0.15) is 4.98 Å². The molecule has 1 aliphatic heterocycles. The predicted octanol–water partition coefficient (Wildman–Crippen LogP) is 5.24. The van der Waals surface area contributed by atoms with Crippen molar-refractivity contribution in [3.05, 3.63) is 47.5 Å². The summed E-state index contributed by atoms with van der Waals surface area (Å²) >= 11 is 0. The first-order valence-corrected chi connectivity index (χ1v) is 13.0. The largest absolute Gasteiger partial charge is 0.312 e. The number of nitrogens with zero attached hydrogens (tertiary/aromatic N) is 3. The van der Waals surface area contributed by atoms with Gasteiger partial charge in [0.1, 0.15) is 11.5 Å². The number of nitrogens with one attached hydrogen (secondary N) is 2. The van der Waals surface area contributed by atoms with Crippen LogP contribution < -0.4 is 10.0 Å². The standard InChI is InChI=1S/C22H27N5O3S.C2H6/c1-3-5-10-17(9-4-2)31(29,30)26-21-23-15-16-13-18-24-19(28)14-22(11-7-6-8-12-22)27(18)20(16)25-21;1-2/h3-5,9-10,13,15H,6-8,11-12,14H2,1-2H3,(H,24,28)(H,23,25,26);1-2H3/b5-3-,9-4-,17-10+;. The molecule has 178 valence electrons. The van der Waals surface area contributed by atoms with Crippen molar-refractivity contribution in [2.45, 2.75) is 71.8 Å². The molecular formula is C24H33N5O3S. The Kier molecular flexibility index (Phi) is 7.73. The average Bonchev–Trinajstić information content (AvgIpc) is 3.16. The van der Waals surface area contributed by atoms with Crippen molar-refractivity contribution in [3.63, 3.8) is 0 Å². The topological polar surface area (TPSA) is 106 Å². The fourth-order valence-electron chi connectivity index (χ4n) is 4.55. The number of sulfonamides is 1. The van der Waals surface area contributed by atoms with Crippen LogP contribution in [-0.4, -0.2) is 28.9 Å². The maximum Gasteiger partial charge on any atom is 0.264 e. The van der Waals surface area contributed by atoms with Crippen molar-refractivity contribution < 1.29 is 13.2 Å². The highest BCUT2D eigenvalue weighted by molar-refractivity contribution is 7.96. The third kappa shape index (κ3) is 5.03. The van der Waals surface area contributed by atoms with E-state index >= 15 is 0 Å². The second-order valence-electron chi connectivity index (χ2n) is 8.05. The zero-order valence-corrected chi connectivity index (χ0v) is 20.6. The van der Waals surface area contributed by atoms with Crippen LogP contribution in [0.5, 0.6) is 0 Å². The van der Waals surface area contributed by atoms with Crippen LogP contribution in [0.4, 0.5) is 11.8 Å². The normalized spacial score (nSPS) is 18.3. The number of allylic oxidation sites excluding steroid dienone is 5. The van der Waals surface area contributed by atoms with Gasteiger partial charge in [0.2, 0.25) is 11.9 Å². The first-order valence-electron chi connectivity index (χ1n) is 11.6. The van der Waals surface area contributed by atoms with Crippen molar-refractivity contribution in [2.24, 2.45) is 0 Å². The molecule has 0 saturated heterocycles. The number of anilines is 2. The van der Waals surface area contributed by atoms with Gasteiger partial charge in [-0.05, 0) is 44.9 Å². The molecule has 1 saturated carbocycles. The fourth-order valence-corrected chi connectivity index (χ4v) is 5.58. The molecule has 2 N–H and O–H groups in total. The van der Waals surface area contributed by atoms with E-state index in [4.69, 9.17) is 0 Å². The summed E-state index contributed by atoms with van der Waals surface area (Å²) < 4.78 is 30.4. The number of carbonyl (C=O) groups excluding carboxylic acids is 1. The summed E-state index contributed by atoms with van der Waals surface area (Å²) in [6, 6.07) is 1.86. The lowest BCUT2D eigenvalue weighted by Gasteiger charge is -2.42. The zero-order valence-electron chi connectivity index (χ0n) is 19.8. The van der Waals surface area contributed by atoms with Gasteiger partial charge >= 0.3 is 0 Å². The van der Waals surface area contributed by atoms with Crippen molar-refractivity contribution in [3.8, 4) is 0 Å². The summed E-state index contributed by atoms with van der Waals surface area (Å²) in [6.07, 6.45) is 15.2. The second kappa shape index (κ2) is 10.3. The van der Waals surface area contributed by atoms with Gasteiger partial charge in [-0.15, -0.1) is 0 Å². The van der Waals surface area contributed by atoms with E-state index in [1.165, 1.54) is 12.2 Å². The summed E-state index contributed by atoms with van der Waals surface area (Å²) in [5.74, 6) is 0.716. The van der Waals surface area contributed by atoms with E-state index in [-0.39, 0.29) is 22.3 Å². The molecule has 4 rings (SSSR count). The smallest absolute Gasteiger partial charge is 0.264 e. The Morgan fingerprint density at radius 1 is 1.18 bits per heavy atom. The van der Waals surface area contributed by atoms with Gasteiger partial charge in [0.25, 0.3) is 10.0 Å². The van der Waals surface area contributed by atoms with E-state index in [2.05, 4.69) is 24.6 Å². The highest BCUT2D eigenvalue weighted by atomic mass is 32.2. The Balaban J connectivity index is 0.00000149. The first-order chi connectivity index (χ1) is 15.9. The van der Waals surface area contributed by atoms with E-state index in [1.807, 2.05) is 26.8 Å².